The molecule has 0 spiro atoms. The van der Waals surface area contributed by atoms with E-state index in [1.54, 1.807) is 33.7 Å². The highest BCUT2D eigenvalue weighted by atomic mass is 32.2. The molecule has 0 atom stereocenters. The molecule has 12 heavy (non-hydrogen) atoms. The molecule has 2 nitrogen and oxygen atoms in total. The smallest absolute Gasteiger partial charge is 0.246 e. The lowest BCUT2D eigenvalue weighted by Gasteiger charge is -2.17. The molecule has 1 amide bonds. The van der Waals surface area contributed by atoms with Crippen LogP contribution in [0.5, 0.6) is 0 Å². The van der Waals surface area contributed by atoms with Crippen LogP contribution in [0.2, 0.25) is 0 Å². The molecule has 0 aromatic carbocycles. The first-order valence-corrected chi connectivity index (χ1v) is 5.84. The van der Waals surface area contributed by atoms with Crippen molar-refractivity contribution in [1.29, 1.82) is 0 Å². The molecule has 0 aliphatic rings. The Kier molecular flexibility index (Phi) is 7.50. The monoisotopic (exact) mass is 205 g/mol. The van der Waals surface area contributed by atoms with E-state index in [4.69, 9.17) is 0 Å². The molecule has 0 radical (unpaired) electrons. The zero-order chi connectivity index (χ0) is 9.40. The third-order valence-electron chi connectivity index (χ3n) is 1.02. The van der Waals surface area contributed by atoms with Crippen molar-refractivity contribution in [2.45, 2.75) is 20.3 Å². The third-order valence-corrected chi connectivity index (χ3v) is 3.04. The van der Waals surface area contributed by atoms with Crippen LogP contribution in [0, 0.1) is 0 Å². The molecule has 0 aliphatic carbocycles. The number of carbonyl (C=O) groups is 1. The number of hydrogen-bond acceptors (Lipinski definition) is 3. The minimum absolute atomic E-state index is 0.128. The molecular formula is C8H15NOS2. The van der Waals surface area contributed by atoms with Gasteiger partial charge >= 0.3 is 0 Å². The molecule has 0 heterocycles. The van der Waals surface area contributed by atoms with E-state index < -0.39 is 0 Å². The summed E-state index contributed by atoms with van der Waals surface area (Å²) in [5.41, 5.74) is 0. The van der Waals surface area contributed by atoms with Crippen LogP contribution in [0.3, 0.4) is 0 Å². The van der Waals surface area contributed by atoms with E-state index in [0.717, 1.165) is 11.5 Å². The molecule has 0 bridgehead atoms. The minimum Gasteiger partial charge on any atom is -0.273 e. The molecule has 0 aromatic heterocycles. The second-order valence-corrected chi connectivity index (χ2v) is 4.61. The van der Waals surface area contributed by atoms with E-state index in [1.807, 2.05) is 13.8 Å². The van der Waals surface area contributed by atoms with E-state index in [9.17, 15) is 4.79 Å². The van der Waals surface area contributed by atoms with Crippen molar-refractivity contribution in [2.24, 2.45) is 0 Å². The maximum Gasteiger partial charge on any atom is 0.246 e. The zero-order valence-electron chi connectivity index (χ0n) is 7.58. The van der Waals surface area contributed by atoms with Crippen LogP contribution in [0.15, 0.2) is 12.7 Å². The van der Waals surface area contributed by atoms with Crippen LogP contribution < -0.4 is 0 Å². The lowest BCUT2D eigenvalue weighted by molar-refractivity contribution is -0.121. The second-order valence-electron chi connectivity index (χ2n) is 1.98. The normalized spacial score (nSPS) is 9.50. The summed E-state index contributed by atoms with van der Waals surface area (Å²) in [5.74, 6) is 1.98. The van der Waals surface area contributed by atoms with Crippen molar-refractivity contribution in [3.8, 4) is 0 Å². The first-order chi connectivity index (χ1) is 5.76. The van der Waals surface area contributed by atoms with Gasteiger partial charge in [-0.15, -0.1) is 6.58 Å². The van der Waals surface area contributed by atoms with Gasteiger partial charge in [0.25, 0.3) is 0 Å². The van der Waals surface area contributed by atoms with Gasteiger partial charge < -0.3 is 0 Å². The van der Waals surface area contributed by atoms with Crippen LogP contribution in [-0.4, -0.2) is 21.1 Å². The van der Waals surface area contributed by atoms with E-state index >= 15 is 0 Å². The van der Waals surface area contributed by atoms with Gasteiger partial charge in [-0.2, -0.15) is 0 Å². The Morgan fingerprint density at radius 2 is 1.92 bits per heavy atom. The summed E-state index contributed by atoms with van der Waals surface area (Å²) in [6, 6.07) is 0. The van der Waals surface area contributed by atoms with Crippen LogP contribution in [0.25, 0.3) is 0 Å². The van der Waals surface area contributed by atoms with Gasteiger partial charge in [-0.25, -0.2) is 3.71 Å². The number of nitrogens with zero attached hydrogens (tertiary/aromatic N) is 1. The Bertz CT molecular complexity index is 144. The van der Waals surface area contributed by atoms with Crippen LogP contribution >= 0.6 is 23.9 Å². The predicted molar refractivity (Wildman–Crippen MR) is 57.9 cm³/mol. The van der Waals surface area contributed by atoms with E-state index in [-0.39, 0.29) is 5.91 Å². The molecule has 0 N–H and O–H groups in total. The SMILES string of the molecule is C=CCC(=O)N(SCC)SCC. The Balaban J connectivity index is 3.89. The minimum atomic E-state index is 0.128. The summed E-state index contributed by atoms with van der Waals surface area (Å²) in [4.78, 5) is 11.3. The molecule has 0 unspecified atom stereocenters. The third kappa shape index (κ3) is 4.72. The molecule has 0 rings (SSSR count). The Morgan fingerprint density at radius 1 is 1.42 bits per heavy atom. The van der Waals surface area contributed by atoms with Crippen molar-refractivity contribution in [3.05, 3.63) is 12.7 Å². The van der Waals surface area contributed by atoms with Gasteiger partial charge in [-0.1, -0.05) is 19.9 Å². The average Bonchev–Trinajstić information content (AvgIpc) is 2.04. The van der Waals surface area contributed by atoms with Crippen molar-refractivity contribution in [2.75, 3.05) is 11.5 Å². The largest absolute Gasteiger partial charge is 0.273 e. The maximum atomic E-state index is 11.3. The van der Waals surface area contributed by atoms with Crippen LogP contribution in [0.4, 0.5) is 0 Å². The Hall–Kier alpha value is -0.0900. The van der Waals surface area contributed by atoms with Crippen molar-refractivity contribution in [3.63, 3.8) is 0 Å². The fraction of sp³-hybridized carbons (Fsp3) is 0.625. The molecule has 0 saturated carbocycles. The Morgan fingerprint density at radius 3 is 2.25 bits per heavy atom. The number of hydrogen-bond donors (Lipinski definition) is 0. The molecule has 4 heteroatoms. The highest BCUT2D eigenvalue weighted by Crippen LogP contribution is 2.22. The highest BCUT2D eigenvalue weighted by Gasteiger charge is 2.10. The van der Waals surface area contributed by atoms with Crippen molar-refractivity contribution in [1.82, 2.24) is 3.71 Å². The number of amides is 1. The van der Waals surface area contributed by atoms with Gasteiger partial charge in [-0.3, -0.25) is 4.79 Å². The summed E-state index contributed by atoms with van der Waals surface area (Å²) in [6.45, 7) is 7.61. The van der Waals surface area contributed by atoms with E-state index in [1.165, 1.54) is 0 Å². The fourth-order valence-corrected chi connectivity index (χ4v) is 2.45. The topological polar surface area (TPSA) is 20.3 Å². The lowest BCUT2D eigenvalue weighted by atomic mass is 10.4. The second kappa shape index (κ2) is 7.55. The zero-order valence-corrected chi connectivity index (χ0v) is 9.21. The van der Waals surface area contributed by atoms with Gasteiger partial charge in [0.1, 0.15) is 0 Å². The summed E-state index contributed by atoms with van der Waals surface area (Å²) < 4.78 is 1.74. The maximum absolute atomic E-state index is 11.3. The number of rotatable bonds is 6. The van der Waals surface area contributed by atoms with E-state index in [0.29, 0.717) is 6.42 Å². The standard InChI is InChI=1S/C8H15NOS2/c1-4-7-8(10)9(11-5-2)12-6-3/h4H,1,5-7H2,2-3H3. The molecular weight excluding hydrogens is 190 g/mol. The molecule has 0 aliphatic heterocycles. The molecule has 70 valence electrons. The summed E-state index contributed by atoms with van der Waals surface area (Å²) in [7, 11) is 0. The quantitative estimate of drug-likeness (QED) is 0.491. The number of carbonyl (C=O) groups excluding carboxylic acids is 1. The first kappa shape index (κ1) is 11.9. The average molecular weight is 205 g/mol. The molecule has 0 saturated heterocycles. The van der Waals surface area contributed by atoms with Gasteiger partial charge in [0.15, 0.2) is 0 Å². The first-order valence-electron chi connectivity index (χ1n) is 3.95. The lowest BCUT2D eigenvalue weighted by Crippen LogP contribution is -2.16. The van der Waals surface area contributed by atoms with Crippen LogP contribution in [-0.2, 0) is 4.79 Å². The summed E-state index contributed by atoms with van der Waals surface area (Å²) in [5, 5.41) is 0. The van der Waals surface area contributed by atoms with Gasteiger partial charge in [0, 0.05) is 17.9 Å². The molecule has 0 aromatic rings. The van der Waals surface area contributed by atoms with Gasteiger partial charge in [0.05, 0.1) is 0 Å². The Labute approximate surface area is 83.0 Å². The highest BCUT2D eigenvalue weighted by molar-refractivity contribution is 8.12. The van der Waals surface area contributed by atoms with Gasteiger partial charge in [-0.05, 0) is 23.9 Å². The van der Waals surface area contributed by atoms with E-state index in [2.05, 4.69) is 6.58 Å². The molecule has 0 fully saturated rings. The summed E-state index contributed by atoms with van der Waals surface area (Å²) in [6.07, 6.45) is 2.07. The van der Waals surface area contributed by atoms with Crippen molar-refractivity contribution < 1.29 is 4.79 Å². The van der Waals surface area contributed by atoms with Gasteiger partial charge in [0.2, 0.25) is 5.91 Å². The van der Waals surface area contributed by atoms with Crippen LogP contribution in [0.1, 0.15) is 20.3 Å². The fourth-order valence-electron chi connectivity index (χ4n) is 0.614. The van der Waals surface area contributed by atoms with Crippen molar-refractivity contribution >= 4 is 29.8 Å². The predicted octanol–water partition coefficient (Wildman–Crippen LogP) is 2.73. The summed E-state index contributed by atoms with van der Waals surface area (Å²) >= 11 is 3.10.